The van der Waals surface area contributed by atoms with Gasteiger partial charge < -0.3 is 15.5 Å². The molecule has 0 bridgehead atoms. The number of aliphatic imine (C=N–C) groups is 1. The average molecular weight is 330 g/mol. The van der Waals surface area contributed by atoms with E-state index < -0.39 is 0 Å². The summed E-state index contributed by atoms with van der Waals surface area (Å²) in [5.74, 6) is 1.59. The summed E-state index contributed by atoms with van der Waals surface area (Å²) in [6.07, 6.45) is 4.44. The molecule has 1 aliphatic heterocycles. The number of hydrogen-bond acceptors (Lipinski definition) is 2. The highest BCUT2D eigenvalue weighted by Crippen LogP contribution is 2.21. The number of benzene rings is 1. The van der Waals surface area contributed by atoms with E-state index in [9.17, 15) is 4.79 Å². The number of carbonyl (C=O) groups is 1. The maximum Gasteiger partial charge on any atom is 0.239 e. The summed E-state index contributed by atoms with van der Waals surface area (Å²) in [4.78, 5) is 18.3. The minimum atomic E-state index is 0.0250. The highest BCUT2D eigenvalue weighted by molar-refractivity contribution is 5.86. The Morgan fingerprint density at radius 3 is 2.54 bits per heavy atom. The quantitative estimate of drug-likeness (QED) is 0.620. The van der Waals surface area contributed by atoms with Gasteiger partial charge in [0.05, 0.1) is 6.54 Å². The van der Waals surface area contributed by atoms with Crippen molar-refractivity contribution in [1.82, 2.24) is 15.5 Å². The van der Waals surface area contributed by atoms with Gasteiger partial charge in [-0.15, -0.1) is 0 Å². The van der Waals surface area contributed by atoms with Gasteiger partial charge in [0.15, 0.2) is 5.96 Å². The number of hydrogen-bond donors (Lipinski definition) is 2. The van der Waals surface area contributed by atoms with Gasteiger partial charge in [-0.05, 0) is 37.2 Å². The molecule has 0 aliphatic carbocycles. The van der Waals surface area contributed by atoms with Crippen LogP contribution < -0.4 is 10.6 Å². The molecule has 1 heterocycles. The molecule has 1 amide bonds. The van der Waals surface area contributed by atoms with E-state index in [4.69, 9.17) is 0 Å². The van der Waals surface area contributed by atoms with Crippen molar-refractivity contribution in [3.63, 3.8) is 0 Å². The molecule has 0 atom stereocenters. The van der Waals surface area contributed by atoms with Crippen LogP contribution in [0, 0.1) is 5.92 Å². The molecule has 0 aromatic heterocycles. The van der Waals surface area contributed by atoms with Crippen LogP contribution in [-0.2, 0) is 11.2 Å². The van der Waals surface area contributed by atoms with E-state index in [1.54, 1.807) is 7.05 Å². The van der Waals surface area contributed by atoms with Crippen molar-refractivity contribution in [2.45, 2.75) is 32.6 Å². The zero-order valence-electron chi connectivity index (χ0n) is 14.9. The van der Waals surface area contributed by atoms with E-state index in [2.05, 4.69) is 50.9 Å². The Morgan fingerprint density at radius 2 is 1.92 bits per heavy atom. The molecular formula is C19H30N4O. The number of likely N-dealkylation sites (tertiary alicyclic amines) is 1. The predicted octanol–water partition coefficient (Wildman–Crippen LogP) is 2.04. The van der Waals surface area contributed by atoms with Crippen molar-refractivity contribution < 1.29 is 4.79 Å². The molecule has 1 saturated heterocycles. The molecule has 1 aromatic rings. The zero-order valence-corrected chi connectivity index (χ0v) is 14.9. The highest BCUT2D eigenvalue weighted by atomic mass is 16.1. The first-order chi connectivity index (χ1) is 11.7. The van der Waals surface area contributed by atoms with Crippen LogP contribution in [0.25, 0.3) is 0 Å². The molecule has 2 rings (SSSR count). The van der Waals surface area contributed by atoms with E-state index in [-0.39, 0.29) is 12.5 Å². The maximum atomic E-state index is 11.7. The highest BCUT2D eigenvalue weighted by Gasteiger charge is 2.21. The van der Waals surface area contributed by atoms with E-state index in [1.165, 1.54) is 5.56 Å². The molecular weight excluding hydrogens is 300 g/mol. The number of carbonyl (C=O) groups excluding carboxylic acids is 1. The Hall–Kier alpha value is -2.04. The van der Waals surface area contributed by atoms with Crippen molar-refractivity contribution in [2.75, 3.05) is 33.2 Å². The Balaban J connectivity index is 1.74. The van der Waals surface area contributed by atoms with E-state index >= 15 is 0 Å². The lowest BCUT2D eigenvalue weighted by atomic mass is 9.90. The Kier molecular flexibility index (Phi) is 7.59. The van der Waals surface area contributed by atoms with E-state index in [0.717, 1.165) is 57.2 Å². The molecule has 2 N–H and O–H groups in total. The monoisotopic (exact) mass is 330 g/mol. The average Bonchev–Trinajstić information content (AvgIpc) is 2.62. The number of guanidine groups is 1. The molecule has 132 valence electrons. The van der Waals surface area contributed by atoms with Gasteiger partial charge >= 0.3 is 0 Å². The third kappa shape index (κ3) is 5.87. The van der Waals surface area contributed by atoms with Crippen LogP contribution in [0.1, 0.15) is 31.7 Å². The van der Waals surface area contributed by atoms with Crippen LogP contribution in [0.5, 0.6) is 0 Å². The van der Waals surface area contributed by atoms with Crippen LogP contribution in [0.2, 0.25) is 0 Å². The second-order valence-corrected chi connectivity index (χ2v) is 6.37. The van der Waals surface area contributed by atoms with Gasteiger partial charge in [-0.3, -0.25) is 9.79 Å². The fraction of sp³-hybridized carbons (Fsp3) is 0.579. The lowest BCUT2D eigenvalue weighted by Crippen LogP contribution is -2.48. The molecule has 1 aliphatic rings. The molecule has 0 spiro atoms. The van der Waals surface area contributed by atoms with Crippen molar-refractivity contribution in [3.05, 3.63) is 35.9 Å². The second-order valence-electron chi connectivity index (χ2n) is 6.37. The van der Waals surface area contributed by atoms with Gasteiger partial charge in [0.25, 0.3) is 0 Å². The van der Waals surface area contributed by atoms with Crippen LogP contribution in [0.4, 0.5) is 0 Å². The molecule has 1 fully saturated rings. The lowest BCUT2D eigenvalue weighted by molar-refractivity contribution is -0.120. The predicted molar refractivity (Wildman–Crippen MR) is 99.1 cm³/mol. The van der Waals surface area contributed by atoms with Crippen molar-refractivity contribution >= 4 is 11.9 Å². The number of rotatable bonds is 6. The van der Waals surface area contributed by atoms with Crippen LogP contribution in [-0.4, -0.2) is 50.0 Å². The Bertz CT molecular complexity index is 521. The Labute approximate surface area is 145 Å². The van der Waals surface area contributed by atoms with Crippen molar-refractivity contribution in [3.8, 4) is 0 Å². The van der Waals surface area contributed by atoms with Gasteiger partial charge in [-0.25, -0.2) is 0 Å². The van der Waals surface area contributed by atoms with Crippen LogP contribution in [0.15, 0.2) is 35.3 Å². The van der Waals surface area contributed by atoms with Crippen LogP contribution in [0.3, 0.4) is 0 Å². The smallest absolute Gasteiger partial charge is 0.239 e. The van der Waals surface area contributed by atoms with Gasteiger partial charge in [0, 0.05) is 26.7 Å². The normalized spacial score (nSPS) is 16.1. The minimum absolute atomic E-state index is 0.0250. The van der Waals surface area contributed by atoms with Crippen LogP contribution >= 0.6 is 0 Å². The fourth-order valence-corrected chi connectivity index (χ4v) is 3.11. The molecule has 0 saturated carbocycles. The summed E-state index contributed by atoms with van der Waals surface area (Å²) in [6.45, 7) is 5.05. The largest absolute Gasteiger partial charge is 0.355 e. The number of amides is 1. The number of nitrogens with zero attached hydrogens (tertiary/aromatic N) is 2. The molecule has 24 heavy (non-hydrogen) atoms. The lowest BCUT2D eigenvalue weighted by Gasteiger charge is -2.34. The van der Waals surface area contributed by atoms with Gasteiger partial charge in [-0.1, -0.05) is 37.3 Å². The third-order valence-corrected chi connectivity index (χ3v) is 4.47. The molecule has 0 unspecified atom stereocenters. The van der Waals surface area contributed by atoms with E-state index in [1.807, 2.05) is 6.92 Å². The van der Waals surface area contributed by atoms with Gasteiger partial charge in [0.1, 0.15) is 0 Å². The fourth-order valence-electron chi connectivity index (χ4n) is 3.11. The standard InChI is InChI=1S/C19H30N4O/c1-3-11-21-18(24)15-22-19(20-2)23-12-9-17(10-13-23)14-16-7-5-4-6-8-16/h4-8,17H,3,9-15H2,1-2H3,(H,20,22)(H,21,24). The topological polar surface area (TPSA) is 56.7 Å². The first kappa shape index (κ1) is 18.3. The number of nitrogens with one attached hydrogen (secondary N) is 2. The van der Waals surface area contributed by atoms with Crippen molar-refractivity contribution in [1.29, 1.82) is 0 Å². The molecule has 0 radical (unpaired) electrons. The SMILES string of the molecule is CCCNC(=O)CNC(=NC)N1CCC(Cc2ccccc2)CC1. The van der Waals surface area contributed by atoms with Gasteiger partial charge in [-0.2, -0.15) is 0 Å². The van der Waals surface area contributed by atoms with E-state index in [0.29, 0.717) is 0 Å². The first-order valence-electron chi connectivity index (χ1n) is 8.99. The third-order valence-electron chi connectivity index (χ3n) is 4.47. The van der Waals surface area contributed by atoms with Crippen molar-refractivity contribution in [2.24, 2.45) is 10.9 Å². The summed E-state index contributed by atoms with van der Waals surface area (Å²) in [5, 5.41) is 6.05. The zero-order chi connectivity index (χ0) is 17.2. The summed E-state index contributed by atoms with van der Waals surface area (Å²) in [6, 6.07) is 10.7. The number of piperidine rings is 1. The minimum Gasteiger partial charge on any atom is -0.355 e. The maximum absolute atomic E-state index is 11.7. The summed E-state index contributed by atoms with van der Waals surface area (Å²) >= 11 is 0. The first-order valence-corrected chi connectivity index (χ1v) is 8.99. The van der Waals surface area contributed by atoms with Gasteiger partial charge in [0.2, 0.25) is 5.91 Å². The summed E-state index contributed by atoms with van der Waals surface area (Å²) in [5.41, 5.74) is 1.42. The second kappa shape index (κ2) is 9.96. The Morgan fingerprint density at radius 1 is 1.21 bits per heavy atom. The molecule has 5 nitrogen and oxygen atoms in total. The summed E-state index contributed by atoms with van der Waals surface area (Å²) in [7, 11) is 1.78. The molecule has 5 heteroatoms. The molecule has 1 aromatic carbocycles. The summed E-state index contributed by atoms with van der Waals surface area (Å²) < 4.78 is 0.